The number of nitrogens with zero attached hydrogens (tertiary/aromatic N) is 5. The van der Waals surface area contributed by atoms with Crippen molar-refractivity contribution in [1.82, 2.24) is 24.1 Å². The zero-order chi connectivity index (χ0) is 45.0. The molecule has 0 spiro atoms. The van der Waals surface area contributed by atoms with Crippen LogP contribution in [0.2, 0.25) is 0 Å². The van der Waals surface area contributed by atoms with E-state index in [0.29, 0.717) is 17.6 Å². The van der Waals surface area contributed by atoms with Crippen LogP contribution in [0.25, 0.3) is 117 Å². The molecule has 0 atom stereocenters. The minimum Gasteiger partial charge on any atom is -0.307 e. The molecule has 0 aliphatic heterocycles. The second-order valence-electron chi connectivity index (χ2n) is 17.4. The summed E-state index contributed by atoms with van der Waals surface area (Å²) in [5.41, 5.74) is 16.6. The summed E-state index contributed by atoms with van der Waals surface area (Å²) in [7, 11) is 0. The highest BCUT2D eigenvalue weighted by Gasteiger charge is 2.30. The molecule has 12 aromatic rings. The van der Waals surface area contributed by atoms with Crippen molar-refractivity contribution in [3.63, 3.8) is 0 Å². The van der Waals surface area contributed by atoms with Crippen molar-refractivity contribution in [3.8, 4) is 67.8 Å². The molecular weight excluding hydrogens is 827 g/mol. The van der Waals surface area contributed by atoms with Crippen LogP contribution >= 0.6 is 0 Å². The summed E-state index contributed by atoms with van der Waals surface area (Å²) in [6.45, 7) is 0. The largest absolute Gasteiger partial charge is 0.307 e. The van der Waals surface area contributed by atoms with E-state index in [-0.39, 0.29) is 0 Å². The molecule has 5 heteroatoms. The number of allylic oxidation sites excluding steroid dienone is 4. The average Bonchev–Trinajstić information content (AvgIpc) is 3.95. The molecule has 0 saturated carbocycles. The van der Waals surface area contributed by atoms with Gasteiger partial charge in [-0.25, -0.2) is 4.98 Å². The molecule has 320 valence electrons. The van der Waals surface area contributed by atoms with Crippen LogP contribution in [-0.4, -0.2) is 24.1 Å². The summed E-state index contributed by atoms with van der Waals surface area (Å²) in [5.74, 6) is 1.75. The van der Waals surface area contributed by atoms with Crippen molar-refractivity contribution in [2.45, 2.75) is 12.8 Å². The normalized spacial score (nSPS) is 12.6. The van der Waals surface area contributed by atoms with Crippen molar-refractivity contribution in [2.75, 3.05) is 0 Å². The van der Waals surface area contributed by atoms with Crippen molar-refractivity contribution in [3.05, 3.63) is 242 Å². The molecule has 1 aliphatic rings. The van der Waals surface area contributed by atoms with E-state index in [4.69, 9.17) is 15.0 Å². The van der Waals surface area contributed by atoms with Crippen LogP contribution in [0.4, 0.5) is 0 Å². The van der Waals surface area contributed by atoms with Gasteiger partial charge < -0.3 is 4.57 Å². The summed E-state index contributed by atoms with van der Waals surface area (Å²) in [6, 6.07) is 77.5. The Hall–Kier alpha value is -8.93. The Labute approximate surface area is 394 Å². The number of rotatable bonds is 8. The third kappa shape index (κ3) is 6.58. The first-order valence-corrected chi connectivity index (χ1v) is 23.4. The Morgan fingerprint density at radius 2 is 0.824 bits per heavy atom. The fourth-order valence-corrected chi connectivity index (χ4v) is 10.4. The summed E-state index contributed by atoms with van der Waals surface area (Å²) < 4.78 is 4.78. The van der Waals surface area contributed by atoms with Crippen molar-refractivity contribution in [1.29, 1.82) is 0 Å². The summed E-state index contributed by atoms with van der Waals surface area (Å²) in [4.78, 5) is 16.3. The Bertz CT molecular complexity index is 3940. The molecule has 3 heterocycles. The zero-order valence-corrected chi connectivity index (χ0v) is 37.2. The predicted molar refractivity (Wildman–Crippen MR) is 282 cm³/mol. The van der Waals surface area contributed by atoms with Crippen LogP contribution in [0, 0.1) is 0 Å². The minimum absolute atomic E-state index is 0.550. The number of benzene rings is 9. The molecule has 0 amide bonds. The van der Waals surface area contributed by atoms with Crippen molar-refractivity contribution < 1.29 is 0 Å². The van der Waals surface area contributed by atoms with Crippen LogP contribution in [0.5, 0.6) is 0 Å². The van der Waals surface area contributed by atoms with Gasteiger partial charge in [0.1, 0.15) is 0 Å². The van der Waals surface area contributed by atoms with Gasteiger partial charge in [-0.05, 0) is 88.2 Å². The molecule has 1 aliphatic carbocycles. The monoisotopic (exact) mass is 869 g/mol. The first kappa shape index (κ1) is 39.4. The fourth-order valence-electron chi connectivity index (χ4n) is 10.4. The van der Waals surface area contributed by atoms with Gasteiger partial charge in [0.15, 0.2) is 11.6 Å². The highest BCUT2D eigenvalue weighted by atomic mass is 15.2. The first-order valence-electron chi connectivity index (χ1n) is 23.4. The molecule has 3 aromatic heterocycles. The topological polar surface area (TPSA) is 48.5 Å². The van der Waals surface area contributed by atoms with Crippen molar-refractivity contribution in [2.24, 2.45) is 0 Å². The molecule has 0 bridgehead atoms. The molecule has 0 saturated heterocycles. The number of aromatic nitrogens is 5. The molecule has 5 nitrogen and oxygen atoms in total. The number of fused-ring (bicyclic) bond motifs is 7. The molecule has 13 rings (SSSR count). The van der Waals surface area contributed by atoms with Gasteiger partial charge in [0, 0.05) is 43.9 Å². The summed E-state index contributed by atoms with van der Waals surface area (Å²) >= 11 is 0. The summed E-state index contributed by atoms with van der Waals surface area (Å²) in [5, 5.41) is 4.66. The van der Waals surface area contributed by atoms with E-state index >= 15 is 0 Å². The lowest BCUT2D eigenvalue weighted by atomic mass is 9.85. The molecule has 68 heavy (non-hydrogen) atoms. The van der Waals surface area contributed by atoms with Gasteiger partial charge in [-0.3, -0.25) is 4.57 Å². The van der Waals surface area contributed by atoms with Crippen LogP contribution in [0.1, 0.15) is 18.4 Å². The Morgan fingerprint density at radius 1 is 0.353 bits per heavy atom. The Balaban J connectivity index is 1.17. The molecule has 9 aromatic carbocycles. The maximum atomic E-state index is 5.56. The molecule has 0 N–H and O–H groups in total. The van der Waals surface area contributed by atoms with Gasteiger partial charge in [0.2, 0.25) is 5.95 Å². The first-order chi connectivity index (χ1) is 33.8. The van der Waals surface area contributed by atoms with Crippen LogP contribution in [0.3, 0.4) is 0 Å². The van der Waals surface area contributed by atoms with E-state index in [1.807, 2.05) is 18.2 Å². The third-order valence-corrected chi connectivity index (χ3v) is 13.4. The van der Waals surface area contributed by atoms with Gasteiger partial charge in [0.25, 0.3) is 0 Å². The number of hydrogen-bond acceptors (Lipinski definition) is 3. The van der Waals surface area contributed by atoms with E-state index in [9.17, 15) is 0 Å². The maximum Gasteiger partial charge on any atom is 0.238 e. The van der Waals surface area contributed by atoms with Crippen molar-refractivity contribution >= 4 is 49.2 Å². The second kappa shape index (κ2) is 16.5. The van der Waals surface area contributed by atoms with Gasteiger partial charge in [0.05, 0.1) is 22.1 Å². The van der Waals surface area contributed by atoms with Gasteiger partial charge >= 0.3 is 0 Å². The third-order valence-electron chi connectivity index (χ3n) is 13.4. The molecule has 0 unspecified atom stereocenters. The quantitative estimate of drug-likeness (QED) is 0.153. The van der Waals surface area contributed by atoms with Gasteiger partial charge in [-0.1, -0.05) is 200 Å². The van der Waals surface area contributed by atoms with Gasteiger partial charge in [-0.15, -0.1) is 0 Å². The standard InChI is InChI=1S/C63H43N5/c1-6-22-42(23-7-1)46-30-20-31-47(40-46)48-32-21-33-49(41-48)62-64-61(45-28-12-4-13-29-45)65-63(66-62)68-54-39-19-17-37-52(54)58-56(44-26-10-3-11-27-44)55(43-24-8-2-9-25-43)57-51-36-16-18-38-53(51)67(59(57)60(58)68)50-34-14-5-15-35-50/h1-2,4-10,12-41H,3,11H2. The highest BCUT2D eigenvalue weighted by Crippen LogP contribution is 2.51. The SMILES string of the molecule is C1=CC(c2c(-c3ccccc3)c3c4ccccc4n(-c4ccccc4)c3c3c2c2ccccc2n3-c2nc(-c3ccccc3)nc(-c3cccc(-c4cccc(-c5ccccc5)c4)c3)n2)=CCC1. The zero-order valence-electron chi connectivity index (χ0n) is 37.2. The lowest BCUT2D eigenvalue weighted by Gasteiger charge is -2.19. The molecular formula is C63H43N5. The minimum atomic E-state index is 0.550. The van der Waals surface area contributed by atoms with Crippen LogP contribution < -0.4 is 0 Å². The Kier molecular flexibility index (Phi) is 9.57. The van der Waals surface area contributed by atoms with Crippen LogP contribution in [0.15, 0.2) is 237 Å². The molecule has 0 fully saturated rings. The highest BCUT2D eigenvalue weighted by molar-refractivity contribution is 6.32. The summed E-state index contributed by atoms with van der Waals surface area (Å²) in [6.07, 6.45) is 9.06. The van der Waals surface area contributed by atoms with E-state index in [0.717, 1.165) is 73.6 Å². The average molecular weight is 870 g/mol. The fraction of sp³-hybridized carbons (Fsp3) is 0.0317. The smallest absolute Gasteiger partial charge is 0.238 e. The van der Waals surface area contributed by atoms with Gasteiger partial charge in [-0.2, -0.15) is 9.97 Å². The van der Waals surface area contributed by atoms with E-state index in [1.165, 1.54) is 44.2 Å². The Morgan fingerprint density at radius 3 is 1.46 bits per heavy atom. The van der Waals surface area contributed by atoms with E-state index in [1.54, 1.807) is 0 Å². The predicted octanol–water partition coefficient (Wildman–Crippen LogP) is 16.1. The maximum absolute atomic E-state index is 5.56. The number of hydrogen-bond donors (Lipinski definition) is 0. The van der Waals surface area contributed by atoms with E-state index in [2.05, 4.69) is 228 Å². The van der Waals surface area contributed by atoms with Crippen LogP contribution in [-0.2, 0) is 0 Å². The van der Waals surface area contributed by atoms with E-state index < -0.39 is 0 Å². The lowest BCUT2D eigenvalue weighted by Crippen LogP contribution is -2.07. The molecule has 0 radical (unpaired) electrons. The second-order valence-corrected chi connectivity index (χ2v) is 17.4. The number of para-hydroxylation sites is 3. The lowest BCUT2D eigenvalue weighted by molar-refractivity contribution is 0.953.